The maximum atomic E-state index is 5.58. The summed E-state index contributed by atoms with van der Waals surface area (Å²) in [6.45, 7) is 8.12. The molecule has 2 heterocycles. The third-order valence-electron chi connectivity index (χ3n) is 4.39. The Bertz CT molecular complexity index is 612. The average Bonchev–Trinajstić information content (AvgIpc) is 2.64. The molecule has 1 aromatic heterocycles. The van der Waals surface area contributed by atoms with Crippen molar-refractivity contribution in [1.29, 1.82) is 0 Å². The molecule has 0 bridgehead atoms. The molecule has 1 aliphatic heterocycles. The Morgan fingerprint density at radius 3 is 2.58 bits per heavy atom. The smallest absolute Gasteiger partial charge is 0.128 e. The zero-order valence-corrected chi connectivity index (χ0v) is 14.3. The molecular weight excluding hydrogens is 300 g/mol. The summed E-state index contributed by atoms with van der Waals surface area (Å²) in [7, 11) is 0. The molecule has 1 N–H and O–H groups in total. The molecule has 0 amide bonds. The van der Waals surface area contributed by atoms with Crippen LogP contribution in [-0.2, 0) is 4.84 Å². The minimum absolute atomic E-state index is 0.717. The molecule has 1 aromatic carbocycles. The molecule has 24 heavy (non-hydrogen) atoms. The normalized spacial score (nSPS) is 15.5. The molecule has 2 aromatic rings. The second kappa shape index (κ2) is 8.66. The summed E-state index contributed by atoms with van der Waals surface area (Å²) < 4.78 is 0. The number of hydrogen-bond donors (Lipinski definition) is 1. The van der Waals surface area contributed by atoms with Crippen molar-refractivity contribution >= 4 is 11.5 Å². The predicted octanol–water partition coefficient (Wildman–Crippen LogP) is 2.95. The van der Waals surface area contributed by atoms with Gasteiger partial charge in [-0.15, -0.1) is 0 Å². The van der Waals surface area contributed by atoms with Crippen LogP contribution in [0.4, 0.5) is 11.5 Å². The minimum Gasteiger partial charge on any atom is -0.354 e. The number of benzene rings is 1. The number of pyridine rings is 1. The van der Waals surface area contributed by atoms with Gasteiger partial charge in [0.2, 0.25) is 0 Å². The molecule has 3 rings (SSSR count). The van der Waals surface area contributed by atoms with Gasteiger partial charge in [0.15, 0.2) is 0 Å². The maximum Gasteiger partial charge on any atom is 0.128 e. The van der Waals surface area contributed by atoms with Crippen molar-refractivity contribution in [3.05, 3.63) is 54.2 Å². The highest BCUT2D eigenvalue weighted by Gasteiger charge is 2.17. The fourth-order valence-corrected chi connectivity index (χ4v) is 2.92. The van der Waals surface area contributed by atoms with Gasteiger partial charge in [-0.2, -0.15) is 0 Å². The molecule has 5 heteroatoms. The van der Waals surface area contributed by atoms with Gasteiger partial charge in [0.1, 0.15) is 5.82 Å². The van der Waals surface area contributed by atoms with Gasteiger partial charge in [-0.1, -0.05) is 24.3 Å². The van der Waals surface area contributed by atoms with Crippen LogP contribution in [0.5, 0.6) is 0 Å². The van der Waals surface area contributed by atoms with Gasteiger partial charge in [-0.05, 0) is 37.1 Å². The number of rotatable bonds is 7. The number of piperazine rings is 1. The number of aryl methyl sites for hydroxylation is 1. The van der Waals surface area contributed by atoms with Gasteiger partial charge in [0.05, 0.1) is 12.3 Å². The van der Waals surface area contributed by atoms with E-state index in [4.69, 9.17) is 4.84 Å². The van der Waals surface area contributed by atoms with Crippen molar-refractivity contribution < 1.29 is 4.84 Å². The summed E-state index contributed by atoms with van der Waals surface area (Å²) in [5.74, 6) is 1.09. The first-order valence-corrected chi connectivity index (χ1v) is 8.65. The van der Waals surface area contributed by atoms with E-state index in [9.17, 15) is 0 Å². The second-order valence-electron chi connectivity index (χ2n) is 6.14. The summed E-state index contributed by atoms with van der Waals surface area (Å²) in [5.41, 5.74) is 5.28. The van der Waals surface area contributed by atoms with Crippen LogP contribution in [0.3, 0.4) is 0 Å². The van der Waals surface area contributed by atoms with Crippen molar-refractivity contribution in [1.82, 2.24) is 9.88 Å². The van der Waals surface area contributed by atoms with Gasteiger partial charge in [0.25, 0.3) is 0 Å². The van der Waals surface area contributed by atoms with Crippen LogP contribution in [-0.4, -0.2) is 49.2 Å². The van der Waals surface area contributed by atoms with Crippen molar-refractivity contribution in [2.75, 3.05) is 49.7 Å². The standard InChI is InChI=1S/C19H26N4O/c1-17-7-2-3-8-18(17)21-24-16-6-11-22-12-14-23(15-13-22)19-9-4-5-10-20-19/h2-5,7-10,21H,6,11-16H2,1H3. The molecule has 0 unspecified atom stereocenters. The Morgan fingerprint density at radius 1 is 1.04 bits per heavy atom. The quantitative estimate of drug-likeness (QED) is 0.626. The largest absolute Gasteiger partial charge is 0.354 e. The van der Waals surface area contributed by atoms with Crippen LogP contribution in [0.2, 0.25) is 0 Å². The first-order chi connectivity index (χ1) is 11.8. The molecular formula is C19H26N4O. The lowest BCUT2D eigenvalue weighted by Gasteiger charge is -2.35. The van der Waals surface area contributed by atoms with E-state index in [1.54, 1.807) is 0 Å². The van der Waals surface area contributed by atoms with Gasteiger partial charge in [-0.3, -0.25) is 15.2 Å². The van der Waals surface area contributed by atoms with E-state index < -0.39 is 0 Å². The fourth-order valence-electron chi connectivity index (χ4n) is 2.92. The maximum absolute atomic E-state index is 5.58. The van der Waals surface area contributed by atoms with Crippen LogP contribution in [0, 0.1) is 6.92 Å². The number of para-hydroxylation sites is 1. The van der Waals surface area contributed by atoms with E-state index in [2.05, 4.69) is 39.3 Å². The Balaban J connectivity index is 1.31. The van der Waals surface area contributed by atoms with Crippen LogP contribution in [0.1, 0.15) is 12.0 Å². The van der Waals surface area contributed by atoms with E-state index in [1.165, 1.54) is 5.56 Å². The summed E-state index contributed by atoms with van der Waals surface area (Å²) >= 11 is 0. The molecule has 128 valence electrons. The second-order valence-corrected chi connectivity index (χ2v) is 6.14. The lowest BCUT2D eigenvalue weighted by atomic mass is 10.2. The Hall–Kier alpha value is -2.11. The molecule has 1 saturated heterocycles. The average molecular weight is 326 g/mol. The SMILES string of the molecule is Cc1ccccc1NOCCCN1CCN(c2ccccn2)CC1. The van der Waals surface area contributed by atoms with Crippen molar-refractivity contribution in [3.63, 3.8) is 0 Å². The molecule has 1 fully saturated rings. The van der Waals surface area contributed by atoms with Crippen LogP contribution >= 0.6 is 0 Å². The van der Waals surface area contributed by atoms with Gasteiger partial charge in [0, 0.05) is 38.9 Å². The van der Waals surface area contributed by atoms with Crippen molar-refractivity contribution in [3.8, 4) is 0 Å². The first kappa shape index (κ1) is 16.7. The summed E-state index contributed by atoms with van der Waals surface area (Å²) in [5, 5.41) is 0. The number of aromatic nitrogens is 1. The zero-order valence-electron chi connectivity index (χ0n) is 14.3. The van der Waals surface area contributed by atoms with Crippen LogP contribution in [0.15, 0.2) is 48.7 Å². The zero-order chi connectivity index (χ0) is 16.6. The van der Waals surface area contributed by atoms with E-state index in [1.807, 2.05) is 36.5 Å². The first-order valence-electron chi connectivity index (χ1n) is 8.65. The number of nitrogens with one attached hydrogen (secondary N) is 1. The highest BCUT2D eigenvalue weighted by molar-refractivity contribution is 5.48. The topological polar surface area (TPSA) is 40.6 Å². The molecule has 0 spiro atoms. The predicted molar refractivity (Wildman–Crippen MR) is 98.3 cm³/mol. The van der Waals surface area contributed by atoms with Crippen molar-refractivity contribution in [2.45, 2.75) is 13.3 Å². The van der Waals surface area contributed by atoms with E-state index in [-0.39, 0.29) is 0 Å². The van der Waals surface area contributed by atoms with Gasteiger partial charge < -0.3 is 4.90 Å². The molecule has 5 nitrogen and oxygen atoms in total. The summed E-state index contributed by atoms with van der Waals surface area (Å²) in [6, 6.07) is 14.3. The number of hydrogen-bond acceptors (Lipinski definition) is 5. The highest BCUT2D eigenvalue weighted by atomic mass is 16.6. The highest BCUT2D eigenvalue weighted by Crippen LogP contribution is 2.14. The fraction of sp³-hybridized carbons (Fsp3) is 0.421. The van der Waals surface area contributed by atoms with Crippen LogP contribution < -0.4 is 10.4 Å². The summed E-state index contributed by atoms with van der Waals surface area (Å²) in [4.78, 5) is 14.9. The van der Waals surface area contributed by atoms with E-state index in [0.717, 1.165) is 57.3 Å². The molecule has 0 aliphatic carbocycles. The van der Waals surface area contributed by atoms with E-state index in [0.29, 0.717) is 0 Å². The lowest BCUT2D eigenvalue weighted by Crippen LogP contribution is -2.47. The summed E-state index contributed by atoms with van der Waals surface area (Å²) in [6.07, 6.45) is 2.89. The number of anilines is 2. The molecule has 0 atom stereocenters. The third kappa shape index (κ3) is 4.69. The molecule has 0 radical (unpaired) electrons. The lowest BCUT2D eigenvalue weighted by molar-refractivity contribution is 0.165. The molecule has 0 saturated carbocycles. The third-order valence-corrected chi connectivity index (χ3v) is 4.39. The number of nitrogens with zero attached hydrogens (tertiary/aromatic N) is 3. The minimum atomic E-state index is 0.717. The van der Waals surface area contributed by atoms with Crippen LogP contribution in [0.25, 0.3) is 0 Å². The Labute approximate surface area is 144 Å². The van der Waals surface area contributed by atoms with Crippen molar-refractivity contribution in [2.24, 2.45) is 0 Å². The van der Waals surface area contributed by atoms with Gasteiger partial charge in [-0.25, -0.2) is 4.98 Å². The monoisotopic (exact) mass is 326 g/mol. The molecule has 1 aliphatic rings. The Kier molecular flexibility index (Phi) is 6.04. The Morgan fingerprint density at radius 2 is 1.83 bits per heavy atom. The van der Waals surface area contributed by atoms with Gasteiger partial charge >= 0.3 is 0 Å². The van der Waals surface area contributed by atoms with E-state index >= 15 is 0 Å².